The Hall–Kier alpha value is -0.810. The van der Waals surface area contributed by atoms with Gasteiger partial charge in [-0.1, -0.05) is 12.8 Å². The van der Waals surface area contributed by atoms with E-state index in [0.717, 1.165) is 19.3 Å². The number of carbonyl (C=O) groups is 2. The summed E-state index contributed by atoms with van der Waals surface area (Å²) in [5, 5.41) is 5.74. The highest BCUT2D eigenvalue weighted by atomic mass is 35.5. The molecular weight excluding hydrogens is 254 g/mol. The largest absolute Gasteiger partial charge is 0.351 e. The number of amides is 2. The number of nitrogens with two attached hydrogens (primary N) is 1. The molecule has 0 bridgehead atoms. The third-order valence-corrected chi connectivity index (χ3v) is 3.85. The lowest BCUT2D eigenvalue weighted by atomic mass is 9.84. The van der Waals surface area contributed by atoms with E-state index in [4.69, 9.17) is 5.73 Å². The van der Waals surface area contributed by atoms with Crippen molar-refractivity contribution in [3.8, 4) is 0 Å². The molecule has 1 saturated heterocycles. The highest BCUT2D eigenvalue weighted by Crippen LogP contribution is 2.23. The summed E-state index contributed by atoms with van der Waals surface area (Å²) in [5.41, 5.74) is 5.72. The monoisotopic (exact) mass is 275 g/mol. The summed E-state index contributed by atoms with van der Waals surface area (Å²) in [6, 6.07) is -0.137. The molecule has 1 aliphatic carbocycles. The molecule has 1 heterocycles. The summed E-state index contributed by atoms with van der Waals surface area (Å²) < 4.78 is 0. The van der Waals surface area contributed by atoms with Crippen LogP contribution < -0.4 is 16.4 Å². The zero-order valence-corrected chi connectivity index (χ0v) is 11.3. The molecule has 1 aliphatic heterocycles. The third kappa shape index (κ3) is 3.59. The minimum atomic E-state index is -0.331. The van der Waals surface area contributed by atoms with Crippen LogP contribution in [0.1, 0.15) is 38.5 Å². The van der Waals surface area contributed by atoms with Crippen molar-refractivity contribution < 1.29 is 9.59 Å². The van der Waals surface area contributed by atoms with Crippen LogP contribution in [0, 0.1) is 5.92 Å². The van der Waals surface area contributed by atoms with Crippen molar-refractivity contribution in [2.45, 2.75) is 50.6 Å². The minimum absolute atomic E-state index is 0. The Balaban J connectivity index is 0.00000162. The molecule has 1 saturated carbocycles. The molecule has 3 atom stereocenters. The molecule has 0 aromatic rings. The Morgan fingerprint density at radius 2 is 2.06 bits per heavy atom. The zero-order valence-electron chi connectivity index (χ0n) is 10.5. The van der Waals surface area contributed by atoms with E-state index >= 15 is 0 Å². The van der Waals surface area contributed by atoms with Crippen LogP contribution in [0.2, 0.25) is 0 Å². The van der Waals surface area contributed by atoms with Crippen molar-refractivity contribution in [2.75, 3.05) is 6.54 Å². The average Bonchev–Trinajstić information content (AvgIpc) is 2.77. The van der Waals surface area contributed by atoms with Gasteiger partial charge in [-0.25, -0.2) is 0 Å². The summed E-state index contributed by atoms with van der Waals surface area (Å²) in [6.45, 7) is 0.627. The molecule has 2 fully saturated rings. The highest BCUT2D eigenvalue weighted by molar-refractivity contribution is 5.90. The first kappa shape index (κ1) is 15.2. The average molecular weight is 276 g/mol. The second-order valence-electron chi connectivity index (χ2n) is 5.05. The van der Waals surface area contributed by atoms with Crippen molar-refractivity contribution in [3.05, 3.63) is 0 Å². The molecule has 6 heteroatoms. The highest BCUT2D eigenvalue weighted by Gasteiger charge is 2.31. The van der Waals surface area contributed by atoms with E-state index in [1.807, 2.05) is 0 Å². The van der Waals surface area contributed by atoms with Crippen LogP contribution in [-0.4, -0.2) is 30.4 Å². The maximum absolute atomic E-state index is 12.0. The fourth-order valence-corrected chi connectivity index (χ4v) is 2.77. The van der Waals surface area contributed by atoms with E-state index < -0.39 is 0 Å². The van der Waals surface area contributed by atoms with Gasteiger partial charge in [-0.15, -0.1) is 12.4 Å². The van der Waals surface area contributed by atoms with Gasteiger partial charge in [0.1, 0.15) is 6.04 Å². The van der Waals surface area contributed by atoms with Gasteiger partial charge in [-0.2, -0.15) is 0 Å². The van der Waals surface area contributed by atoms with Crippen molar-refractivity contribution >= 4 is 24.2 Å². The number of halogens is 1. The standard InChI is InChI=1S/C12H21N3O2.ClH/c13-7-8-3-1-2-4-9(8)15-12(17)10-5-6-11(16)14-10;/h8-10H,1-7,13H2,(H,14,16)(H,15,17);1H/t8?,9?,10-;/m1./s1. The van der Waals surface area contributed by atoms with Crippen molar-refractivity contribution in [1.29, 1.82) is 0 Å². The Morgan fingerprint density at radius 3 is 2.67 bits per heavy atom. The van der Waals surface area contributed by atoms with E-state index in [9.17, 15) is 9.59 Å². The second-order valence-corrected chi connectivity index (χ2v) is 5.05. The molecule has 2 aliphatic rings. The predicted molar refractivity (Wildman–Crippen MR) is 71.4 cm³/mol. The predicted octanol–water partition coefficient (Wildman–Crippen LogP) is 0.320. The molecule has 0 aromatic carbocycles. The second kappa shape index (κ2) is 6.95. The molecule has 0 spiro atoms. The molecule has 2 amide bonds. The first-order valence-electron chi connectivity index (χ1n) is 6.50. The van der Waals surface area contributed by atoms with Gasteiger partial charge in [0.2, 0.25) is 11.8 Å². The summed E-state index contributed by atoms with van der Waals surface area (Å²) in [6.07, 6.45) is 5.54. The number of nitrogens with one attached hydrogen (secondary N) is 2. The molecular formula is C12H22ClN3O2. The smallest absolute Gasteiger partial charge is 0.242 e. The fourth-order valence-electron chi connectivity index (χ4n) is 2.77. The van der Waals surface area contributed by atoms with Gasteiger partial charge >= 0.3 is 0 Å². The summed E-state index contributed by atoms with van der Waals surface area (Å²) in [5.74, 6) is 0.329. The number of hydrogen-bond donors (Lipinski definition) is 3. The summed E-state index contributed by atoms with van der Waals surface area (Å²) in [7, 11) is 0. The fraction of sp³-hybridized carbons (Fsp3) is 0.833. The topological polar surface area (TPSA) is 84.2 Å². The van der Waals surface area contributed by atoms with Crippen LogP contribution in [0.25, 0.3) is 0 Å². The number of carbonyl (C=O) groups excluding carboxylic acids is 2. The van der Waals surface area contributed by atoms with Crippen LogP contribution in [0.3, 0.4) is 0 Å². The molecule has 2 rings (SSSR count). The lowest BCUT2D eigenvalue weighted by molar-refractivity contribution is -0.126. The molecule has 18 heavy (non-hydrogen) atoms. The Bertz CT molecular complexity index is 312. The van der Waals surface area contributed by atoms with Gasteiger partial charge in [-0.05, 0) is 31.7 Å². The van der Waals surface area contributed by atoms with Crippen molar-refractivity contribution in [2.24, 2.45) is 11.7 Å². The van der Waals surface area contributed by atoms with E-state index in [0.29, 0.717) is 25.3 Å². The van der Waals surface area contributed by atoms with Gasteiger partial charge < -0.3 is 16.4 Å². The molecule has 0 aromatic heterocycles. The molecule has 2 unspecified atom stereocenters. The Kier molecular flexibility index (Phi) is 5.88. The van der Waals surface area contributed by atoms with Crippen LogP contribution in [0.5, 0.6) is 0 Å². The lowest BCUT2D eigenvalue weighted by Crippen LogP contribution is -2.50. The third-order valence-electron chi connectivity index (χ3n) is 3.85. The molecule has 4 N–H and O–H groups in total. The maximum Gasteiger partial charge on any atom is 0.242 e. The SMILES string of the molecule is Cl.NCC1CCCCC1NC(=O)[C@H]1CCC(=O)N1. The van der Waals surface area contributed by atoms with E-state index in [1.165, 1.54) is 6.42 Å². The first-order chi connectivity index (χ1) is 8.20. The van der Waals surface area contributed by atoms with E-state index in [-0.39, 0.29) is 36.3 Å². The van der Waals surface area contributed by atoms with Gasteiger partial charge in [0, 0.05) is 12.5 Å². The van der Waals surface area contributed by atoms with Gasteiger partial charge in [-0.3, -0.25) is 9.59 Å². The van der Waals surface area contributed by atoms with Gasteiger partial charge in [0.25, 0.3) is 0 Å². The van der Waals surface area contributed by atoms with Crippen LogP contribution in [0.4, 0.5) is 0 Å². The molecule has 0 radical (unpaired) electrons. The van der Waals surface area contributed by atoms with Crippen LogP contribution in [-0.2, 0) is 9.59 Å². The minimum Gasteiger partial charge on any atom is -0.351 e. The Labute approximate surface area is 114 Å². The van der Waals surface area contributed by atoms with Gasteiger partial charge in [0.05, 0.1) is 0 Å². The van der Waals surface area contributed by atoms with Crippen LogP contribution >= 0.6 is 12.4 Å². The number of rotatable bonds is 3. The van der Waals surface area contributed by atoms with Crippen molar-refractivity contribution in [1.82, 2.24) is 10.6 Å². The molecule has 5 nitrogen and oxygen atoms in total. The molecule has 104 valence electrons. The normalized spacial score (nSPS) is 31.4. The van der Waals surface area contributed by atoms with E-state index in [2.05, 4.69) is 10.6 Å². The zero-order chi connectivity index (χ0) is 12.3. The maximum atomic E-state index is 12.0. The Morgan fingerprint density at radius 1 is 1.33 bits per heavy atom. The lowest BCUT2D eigenvalue weighted by Gasteiger charge is -2.32. The number of hydrogen-bond acceptors (Lipinski definition) is 3. The van der Waals surface area contributed by atoms with E-state index in [1.54, 1.807) is 0 Å². The van der Waals surface area contributed by atoms with Gasteiger partial charge in [0.15, 0.2) is 0 Å². The van der Waals surface area contributed by atoms with Crippen molar-refractivity contribution in [3.63, 3.8) is 0 Å². The summed E-state index contributed by atoms with van der Waals surface area (Å²) >= 11 is 0. The van der Waals surface area contributed by atoms with Crippen LogP contribution in [0.15, 0.2) is 0 Å². The summed E-state index contributed by atoms with van der Waals surface area (Å²) in [4.78, 5) is 23.0. The first-order valence-corrected chi connectivity index (χ1v) is 6.50. The quantitative estimate of drug-likeness (QED) is 0.694.